The van der Waals surface area contributed by atoms with Crippen molar-refractivity contribution in [3.63, 3.8) is 0 Å². The Morgan fingerprint density at radius 3 is 2.61 bits per heavy atom. The highest BCUT2D eigenvalue weighted by atomic mass is 35.5. The molecule has 28 heavy (non-hydrogen) atoms. The van der Waals surface area contributed by atoms with E-state index < -0.39 is 10.0 Å². The van der Waals surface area contributed by atoms with Gasteiger partial charge in [-0.2, -0.15) is 0 Å². The third-order valence-electron chi connectivity index (χ3n) is 3.96. The van der Waals surface area contributed by atoms with Crippen molar-refractivity contribution in [2.45, 2.75) is 18.4 Å². The molecule has 0 bridgehead atoms. The molecule has 148 valence electrons. The average Bonchev–Trinajstić information content (AvgIpc) is 3.12. The van der Waals surface area contributed by atoms with Gasteiger partial charge >= 0.3 is 0 Å². The highest BCUT2D eigenvalue weighted by Gasteiger charge is 2.20. The Bertz CT molecular complexity index is 1130. The van der Waals surface area contributed by atoms with E-state index in [9.17, 15) is 13.2 Å². The van der Waals surface area contributed by atoms with E-state index in [-0.39, 0.29) is 29.3 Å². The van der Waals surface area contributed by atoms with Crippen molar-refractivity contribution in [1.29, 1.82) is 0 Å². The summed E-state index contributed by atoms with van der Waals surface area (Å²) in [4.78, 5) is 11.3. The summed E-state index contributed by atoms with van der Waals surface area (Å²) >= 11 is 0. The fourth-order valence-corrected chi connectivity index (χ4v) is 4.17. The normalized spacial score (nSPS) is 11.4. The highest BCUT2D eigenvalue weighted by molar-refractivity contribution is 7.90. The Hall–Kier alpha value is -2.61. The topological polar surface area (TPSA) is 80.2 Å². The van der Waals surface area contributed by atoms with E-state index in [1.54, 1.807) is 36.4 Å². The van der Waals surface area contributed by atoms with Crippen LogP contribution >= 0.6 is 12.4 Å². The number of amides is 1. The molecule has 8 heteroatoms. The molecule has 1 aromatic heterocycles. The van der Waals surface area contributed by atoms with Crippen molar-refractivity contribution in [2.75, 3.05) is 12.4 Å². The van der Waals surface area contributed by atoms with Crippen molar-refractivity contribution in [2.24, 2.45) is 0 Å². The molecule has 6 nitrogen and oxygen atoms in total. The first-order valence-electron chi connectivity index (χ1n) is 8.88. The van der Waals surface area contributed by atoms with E-state index in [0.29, 0.717) is 23.5 Å². The smallest absolute Gasteiger partial charge is 0.268 e. The number of hydrogen-bond donors (Lipinski definition) is 2. The van der Waals surface area contributed by atoms with E-state index in [1.807, 2.05) is 13.1 Å². The Kier molecular flexibility index (Phi) is 6.51. The van der Waals surface area contributed by atoms with Crippen molar-refractivity contribution in [3.05, 3.63) is 72.4 Å². The lowest BCUT2D eigenvalue weighted by molar-refractivity contribution is -0.114. The van der Waals surface area contributed by atoms with Gasteiger partial charge < -0.3 is 10.6 Å². The van der Waals surface area contributed by atoms with Gasteiger partial charge in [0.1, 0.15) is 0 Å². The number of nitrogens with zero attached hydrogens (tertiary/aromatic N) is 1. The summed E-state index contributed by atoms with van der Waals surface area (Å²) in [6.07, 6.45) is 1.46. The summed E-state index contributed by atoms with van der Waals surface area (Å²) in [6, 6.07) is 15.0. The number of anilines is 1. The fraction of sp³-hybridized carbons (Fsp3) is 0.150. The maximum atomic E-state index is 13.2. The molecule has 3 rings (SSSR count). The number of carbonyl (C=O) groups excluding carboxylic acids is 1. The van der Waals surface area contributed by atoms with Gasteiger partial charge in [-0.05, 0) is 48.5 Å². The Morgan fingerprint density at radius 1 is 1.14 bits per heavy atom. The van der Waals surface area contributed by atoms with Crippen molar-refractivity contribution >= 4 is 34.0 Å². The predicted octanol–water partition coefficient (Wildman–Crippen LogP) is 3.49. The second kappa shape index (κ2) is 9.05. The zero-order valence-corrected chi connectivity index (χ0v) is 17.1. The average molecular weight is 421 g/mol. The quantitative estimate of drug-likeness (QED) is 0.639. The van der Waals surface area contributed by atoms with E-state index in [4.69, 9.17) is 1.37 Å². The van der Waals surface area contributed by atoms with Crippen LogP contribution in [-0.2, 0) is 21.4 Å². The summed E-state index contributed by atoms with van der Waals surface area (Å²) < 4.78 is 35.8. The van der Waals surface area contributed by atoms with Gasteiger partial charge in [0.2, 0.25) is 5.91 Å². The van der Waals surface area contributed by atoms with Gasteiger partial charge in [-0.25, -0.2) is 12.4 Å². The third-order valence-corrected chi connectivity index (χ3v) is 5.64. The second-order valence-electron chi connectivity index (χ2n) is 6.04. The number of aromatic nitrogens is 1. The summed E-state index contributed by atoms with van der Waals surface area (Å²) in [6.45, 7) is 1.99. The van der Waals surface area contributed by atoms with Gasteiger partial charge in [0.25, 0.3) is 10.0 Å². The summed E-state index contributed by atoms with van der Waals surface area (Å²) in [5.74, 6) is -0.281. The van der Waals surface area contributed by atoms with Crippen molar-refractivity contribution < 1.29 is 14.6 Å². The minimum Gasteiger partial charge on any atom is -0.326 e. The molecule has 3 aromatic rings. The molecule has 0 unspecified atom stereocenters. The zero-order chi connectivity index (χ0) is 20.3. The largest absolute Gasteiger partial charge is 0.326 e. The molecule has 1 amide bonds. The van der Waals surface area contributed by atoms with Crippen LogP contribution in [-0.4, -0.2) is 25.3 Å². The molecule has 0 fully saturated rings. The molecular weight excluding hydrogens is 398 g/mol. The lowest BCUT2D eigenvalue weighted by Gasteiger charge is -2.12. The first kappa shape index (κ1) is 20.1. The van der Waals surface area contributed by atoms with E-state index >= 15 is 0 Å². The van der Waals surface area contributed by atoms with E-state index in [1.165, 1.54) is 25.3 Å². The first-order chi connectivity index (χ1) is 13.3. The molecule has 2 aromatic carbocycles. The van der Waals surface area contributed by atoms with Crippen LogP contribution in [0.2, 0.25) is 0 Å². The van der Waals surface area contributed by atoms with Gasteiger partial charge in [0, 0.05) is 25.4 Å². The van der Waals surface area contributed by atoms with Gasteiger partial charge in [-0.3, -0.25) is 4.79 Å². The monoisotopic (exact) mass is 420 g/mol. The Balaban J connectivity index is 0.00000300. The van der Waals surface area contributed by atoms with Crippen molar-refractivity contribution in [1.82, 2.24) is 9.29 Å². The van der Waals surface area contributed by atoms with Gasteiger partial charge in [-0.1, -0.05) is 30.3 Å². The number of hydrogen-bond acceptors (Lipinski definition) is 4. The molecule has 0 radical (unpaired) electrons. The molecule has 0 saturated heterocycles. The van der Waals surface area contributed by atoms with Crippen LogP contribution in [0.5, 0.6) is 0 Å². The molecule has 0 saturated carbocycles. The molecule has 0 aliphatic carbocycles. The Labute approximate surface area is 172 Å². The van der Waals surface area contributed by atoms with Crippen LogP contribution in [0.15, 0.2) is 71.7 Å². The number of halogens is 1. The standard InChI is InChI=1S/C20H21N3O3S.ClH/c1-15(24)22-18-5-3-6-19(13-18)27(25,26)23-12-4-7-20(23)17-10-8-16(9-11-17)14-21-2;/h3-13,21H,14H2,1-2H3,(H,22,24);1H/i10D;. The summed E-state index contributed by atoms with van der Waals surface area (Å²) in [7, 11) is -2.08. The van der Waals surface area contributed by atoms with Crippen LogP contribution in [0, 0.1) is 0 Å². The first-order valence-corrected chi connectivity index (χ1v) is 9.82. The zero-order valence-electron chi connectivity index (χ0n) is 16.5. The maximum Gasteiger partial charge on any atom is 0.268 e. The van der Waals surface area contributed by atoms with Crippen LogP contribution in [0.25, 0.3) is 11.3 Å². The number of carbonyl (C=O) groups is 1. The van der Waals surface area contributed by atoms with Gasteiger partial charge in [0.15, 0.2) is 0 Å². The molecule has 0 aliphatic rings. The molecule has 1 heterocycles. The minimum absolute atomic E-state index is 0. The van der Waals surface area contributed by atoms with Crippen LogP contribution in [0.1, 0.15) is 13.9 Å². The van der Waals surface area contributed by atoms with E-state index in [0.717, 1.165) is 9.54 Å². The number of rotatable bonds is 6. The third kappa shape index (κ3) is 4.62. The lowest BCUT2D eigenvalue weighted by atomic mass is 10.1. The Morgan fingerprint density at radius 2 is 1.93 bits per heavy atom. The van der Waals surface area contributed by atoms with Crippen LogP contribution in [0.4, 0.5) is 5.69 Å². The molecular formula is C20H22ClN3O3S. The van der Waals surface area contributed by atoms with Gasteiger partial charge in [0.05, 0.1) is 12.0 Å². The summed E-state index contributed by atoms with van der Waals surface area (Å²) in [5, 5.41) is 5.61. The molecule has 0 aliphatic heterocycles. The van der Waals surface area contributed by atoms with E-state index in [2.05, 4.69) is 10.6 Å². The minimum atomic E-state index is -3.90. The SMILES string of the molecule is Cl.[2H]c1cc(CNC)ccc1-c1cccn1S(=O)(=O)c1cccc(NC(C)=O)c1. The van der Waals surface area contributed by atoms with Crippen molar-refractivity contribution in [3.8, 4) is 11.3 Å². The second-order valence-corrected chi connectivity index (χ2v) is 7.86. The molecule has 2 N–H and O–H groups in total. The number of benzene rings is 2. The predicted molar refractivity (Wildman–Crippen MR) is 113 cm³/mol. The lowest BCUT2D eigenvalue weighted by Crippen LogP contribution is -2.14. The van der Waals surface area contributed by atoms with Gasteiger partial charge in [-0.15, -0.1) is 12.4 Å². The fourth-order valence-electron chi connectivity index (χ4n) is 2.77. The molecule has 0 spiro atoms. The molecule has 0 atom stereocenters. The summed E-state index contributed by atoms with van der Waals surface area (Å²) in [5.41, 5.74) is 2.28. The number of nitrogens with one attached hydrogen (secondary N) is 2. The maximum absolute atomic E-state index is 13.2. The highest BCUT2D eigenvalue weighted by Crippen LogP contribution is 2.26. The van der Waals surface area contributed by atoms with Crippen LogP contribution < -0.4 is 10.6 Å². The van der Waals surface area contributed by atoms with Crippen LogP contribution in [0.3, 0.4) is 0 Å².